The quantitative estimate of drug-likeness (QED) is 0.165. The van der Waals surface area contributed by atoms with Crippen LogP contribution in [0, 0.1) is 5.92 Å². The lowest BCUT2D eigenvalue weighted by atomic mass is 10.0. The van der Waals surface area contributed by atoms with Crippen molar-refractivity contribution in [1.82, 2.24) is 20.9 Å². The molecular weight excluding hydrogens is 514 g/mol. The van der Waals surface area contributed by atoms with Crippen molar-refractivity contribution >= 4 is 52.3 Å². The topological polar surface area (TPSA) is 204 Å². The summed E-state index contributed by atoms with van der Waals surface area (Å²) >= 11 is 1.44. The van der Waals surface area contributed by atoms with Gasteiger partial charge in [-0.1, -0.05) is 32.0 Å². The molecule has 1 aromatic heterocycles. The third-order valence-corrected chi connectivity index (χ3v) is 6.63. The predicted molar refractivity (Wildman–Crippen MR) is 143 cm³/mol. The van der Waals surface area contributed by atoms with E-state index in [2.05, 4.69) is 20.9 Å². The number of para-hydroxylation sites is 1. The van der Waals surface area contributed by atoms with Gasteiger partial charge in [-0.2, -0.15) is 11.8 Å². The molecule has 3 amide bonds. The molecule has 4 unspecified atom stereocenters. The lowest BCUT2D eigenvalue weighted by Crippen LogP contribution is -2.58. The summed E-state index contributed by atoms with van der Waals surface area (Å²) < 4.78 is 0. The highest BCUT2D eigenvalue weighted by Crippen LogP contribution is 2.19. The number of carboxylic acids is 2. The number of thioether (sulfide) groups is 1. The van der Waals surface area contributed by atoms with Crippen LogP contribution >= 0.6 is 11.8 Å². The maximum absolute atomic E-state index is 13.0. The van der Waals surface area contributed by atoms with Gasteiger partial charge in [0.25, 0.3) is 0 Å². The van der Waals surface area contributed by atoms with E-state index < -0.39 is 60.2 Å². The maximum atomic E-state index is 13.0. The Hall–Kier alpha value is -3.58. The van der Waals surface area contributed by atoms with Crippen molar-refractivity contribution in [3.05, 3.63) is 36.0 Å². The number of aromatic amines is 1. The number of amides is 3. The number of aliphatic carboxylic acids is 2. The van der Waals surface area contributed by atoms with E-state index in [0.717, 1.165) is 10.9 Å². The molecule has 4 atom stereocenters. The molecule has 2 rings (SSSR count). The molecule has 0 fully saturated rings. The fourth-order valence-corrected chi connectivity index (χ4v) is 4.20. The van der Waals surface area contributed by atoms with E-state index in [9.17, 15) is 34.2 Å². The summed E-state index contributed by atoms with van der Waals surface area (Å²) in [6.07, 6.45) is 2.81. The summed E-state index contributed by atoms with van der Waals surface area (Å²) in [6.45, 7) is 3.51. The van der Waals surface area contributed by atoms with Crippen LogP contribution in [0.3, 0.4) is 0 Å². The molecule has 0 aliphatic rings. The van der Waals surface area contributed by atoms with Gasteiger partial charge in [0.05, 0.1) is 12.5 Å². The SMILES string of the molecule is CSCCC(NC(=O)C(N)C(C)C)C(=O)NC(CC(=O)O)C(=O)NC(Cc1c[nH]c2ccccc12)C(=O)O. The molecule has 1 heterocycles. The Morgan fingerprint density at radius 2 is 1.55 bits per heavy atom. The zero-order chi connectivity index (χ0) is 28.4. The van der Waals surface area contributed by atoms with Gasteiger partial charge in [-0.3, -0.25) is 19.2 Å². The van der Waals surface area contributed by atoms with Crippen molar-refractivity contribution in [2.75, 3.05) is 12.0 Å². The fourth-order valence-electron chi connectivity index (χ4n) is 3.72. The molecule has 1 aromatic carbocycles. The van der Waals surface area contributed by atoms with E-state index in [1.54, 1.807) is 26.1 Å². The average molecular weight is 550 g/mol. The van der Waals surface area contributed by atoms with E-state index >= 15 is 0 Å². The second kappa shape index (κ2) is 14.4. The molecular formula is C25H35N5O7S. The largest absolute Gasteiger partial charge is 0.481 e. The molecule has 12 nitrogen and oxygen atoms in total. The first-order valence-corrected chi connectivity index (χ1v) is 13.5. The van der Waals surface area contributed by atoms with Gasteiger partial charge in [-0.15, -0.1) is 0 Å². The monoisotopic (exact) mass is 549 g/mol. The van der Waals surface area contributed by atoms with Gasteiger partial charge in [0.1, 0.15) is 18.1 Å². The lowest BCUT2D eigenvalue weighted by Gasteiger charge is -2.25. The normalized spacial score (nSPS) is 14.3. The van der Waals surface area contributed by atoms with Crippen LogP contribution in [0.2, 0.25) is 0 Å². The van der Waals surface area contributed by atoms with Gasteiger partial charge < -0.3 is 36.9 Å². The maximum Gasteiger partial charge on any atom is 0.326 e. The Morgan fingerprint density at radius 1 is 0.947 bits per heavy atom. The smallest absolute Gasteiger partial charge is 0.326 e. The molecule has 38 heavy (non-hydrogen) atoms. The molecule has 0 aliphatic carbocycles. The first kappa shape index (κ1) is 30.6. The number of nitrogens with one attached hydrogen (secondary N) is 4. The lowest BCUT2D eigenvalue weighted by molar-refractivity contribution is -0.143. The highest BCUT2D eigenvalue weighted by molar-refractivity contribution is 7.98. The molecule has 208 valence electrons. The first-order chi connectivity index (χ1) is 17.9. The van der Waals surface area contributed by atoms with Crippen LogP contribution in [0.5, 0.6) is 0 Å². The molecule has 0 aliphatic heterocycles. The summed E-state index contributed by atoms with van der Waals surface area (Å²) in [5.74, 6) is -4.68. The average Bonchev–Trinajstić information content (AvgIpc) is 3.27. The van der Waals surface area contributed by atoms with Crippen molar-refractivity contribution < 1.29 is 34.2 Å². The van der Waals surface area contributed by atoms with Gasteiger partial charge >= 0.3 is 11.9 Å². The number of hydrogen-bond donors (Lipinski definition) is 7. The van der Waals surface area contributed by atoms with Gasteiger partial charge in [-0.25, -0.2) is 4.79 Å². The Balaban J connectivity index is 2.18. The zero-order valence-electron chi connectivity index (χ0n) is 21.5. The minimum Gasteiger partial charge on any atom is -0.481 e. The highest BCUT2D eigenvalue weighted by Gasteiger charge is 2.32. The number of carbonyl (C=O) groups is 5. The Kier molecular flexibility index (Phi) is 11.6. The predicted octanol–water partition coefficient (Wildman–Crippen LogP) is 0.461. The third-order valence-electron chi connectivity index (χ3n) is 5.99. The van der Waals surface area contributed by atoms with Crippen molar-refractivity contribution in [2.24, 2.45) is 11.7 Å². The Bertz CT molecular complexity index is 1150. The van der Waals surface area contributed by atoms with Crippen molar-refractivity contribution in [1.29, 1.82) is 0 Å². The molecule has 0 bridgehead atoms. The van der Waals surface area contributed by atoms with Gasteiger partial charge in [0.15, 0.2) is 0 Å². The van der Waals surface area contributed by atoms with Gasteiger partial charge in [-0.05, 0) is 36.0 Å². The summed E-state index contributed by atoms with van der Waals surface area (Å²) in [5.41, 5.74) is 7.32. The standard InChI is InChI=1S/C25H35N5O7S/c1-13(2)21(26)24(35)28-17(8-9-38-3)22(33)29-18(11-20(31)32)23(34)30-19(25(36)37)10-14-12-27-16-7-5-4-6-15(14)16/h4-7,12-13,17-19,21,27H,8-11,26H2,1-3H3,(H,28,35)(H,29,33)(H,30,34)(H,31,32)(H,36,37). The number of fused-ring (bicyclic) bond motifs is 1. The Labute approximate surface area is 224 Å². The number of aromatic nitrogens is 1. The van der Waals surface area contributed by atoms with Gasteiger partial charge in [0.2, 0.25) is 17.7 Å². The molecule has 0 spiro atoms. The van der Waals surface area contributed by atoms with E-state index in [1.807, 2.05) is 24.5 Å². The van der Waals surface area contributed by atoms with Crippen LogP contribution in [0.1, 0.15) is 32.3 Å². The minimum absolute atomic E-state index is 0.0711. The van der Waals surface area contributed by atoms with E-state index in [-0.39, 0.29) is 18.8 Å². The number of carboxylic acid groups (broad SMARTS) is 2. The number of H-pyrrole nitrogens is 1. The van der Waals surface area contributed by atoms with Crippen molar-refractivity contribution in [3.8, 4) is 0 Å². The number of nitrogens with two attached hydrogens (primary N) is 1. The second-order valence-electron chi connectivity index (χ2n) is 9.23. The number of carbonyl (C=O) groups excluding carboxylic acids is 3. The summed E-state index contributed by atoms with van der Waals surface area (Å²) in [7, 11) is 0. The van der Waals surface area contributed by atoms with Crippen LogP contribution in [-0.2, 0) is 30.4 Å². The third kappa shape index (κ3) is 8.77. The highest BCUT2D eigenvalue weighted by atomic mass is 32.2. The van der Waals surface area contributed by atoms with E-state index in [0.29, 0.717) is 11.3 Å². The molecule has 0 saturated heterocycles. The summed E-state index contributed by atoms with van der Waals surface area (Å²) in [4.78, 5) is 64.9. The summed E-state index contributed by atoms with van der Waals surface area (Å²) in [6, 6.07) is 2.37. The van der Waals surface area contributed by atoms with E-state index in [4.69, 9.17) is 5.73 Å². The van der Waals surface area contributed by atoms with Crippen LogP contribution < -0.4 is 21.7 Å². The Morgan fingerprint density at radius 3 is 2.16 bits per heavy atom. The molecule has 8 N–H and O–H groups in total. The summed E-state index contributed by atoms with van der Waals surface area (Å²) in [5, 5.41) is 27.1. The minimum atomic E-state index is -1.57. The van der Waals surface area contributed by atoms with E-state index in [1.165, 1.54) is 11.8 Å². The fraction of sp³-hybridized carbons (Fsp3) is 0.480. The molecule has 0 saturated carbocycles. The first-order valence-electron chi connectivity index (χ1n) is 12.1. The molecule has 0 radical (unpaired) electrons. The van der Waals surface area contributed by atoms with Crippen LogP contribution in [-0.4, -0.2) is 81.0 Å². The second-order valence-corrected chi connectivity index (χ2v) is 10.2. The van der Waals surface area contributed by atoms with Crippen molar-refractivity contribution in [2.45, 2.75) is 57.3 Å². The van der Waals surface area contributed by atoms with Gasteiger partial charge in [0, 0.05) is 23.5 Å². The number of hydrogen-bond acceptors (Lipinski definition) is 7. The van der Waals surface area contributed by atoms with Crippen molar-refractivity contribution in [3.63, 3.8) is 0 Å². The zero-order valence-corrected chi connectivity index (χ0v) is 22.3. The van der Waals surface area contributed by atoms with Crippen LogP contribution in [0.25, 0.3) is 10.9 Å². The van der Waals surface area contributed by atoms with Crippen LogP contribution in [0.4, 0.5) is 0 Å². The van der Waals surface area contributed by atoms with Crippen LogP contribution in [0.15, 0.2) is 30.5 Å². The number of benzene rings is 1. The molecule has 2 aromatic rings. The molecule has 13 heteroatoms. The number of rotatable bonds is 15.